The number of rotatable bonds is 11. The van der Waals surface area contributed by atoms with Gasteiger partial charge in [-0.15, -0.1) is 11.3 Å². The second-order valence-electron chi connectivity index (χ2n) is 9.36. The van der Waals surface area contributed by atoms with Crippen LogP contribution in [0.25, 0.3) is 10.2 Å². The van der Waals surface area contributed by atoms with E-state index < -0.39 is 70.3 Å². The largest absolute Gasteiger partial charge is 0.330 e. The number of nitrogens with zero attached hydrogens (tertiary/aromatic N) is 2. The van der Waals surface area contributed by atoms with E-state index in [-0.39, 0.29) is 17.4 Å². The van der Waals surface area contributed by atoms with Crippen molar-refractivity contribution in [3.05, 3.63) is 94.5 Å². The van der Waals surface area contributed by atoms with Crippen molar-refractivity contribution >= 4 is 55.7 Å². The molecule has 0 saturated heterocycles. The van der Waals surface area contributed by atoms with E-state index in [1.54, 1.807) is 28.4 Å². The molecule has 0 spiro atoms. The standard InChI is InChI=1S/C27H23F4N5O5S2/c1-36(22-2-3-25-23(12-22)32-14-42-25)26(38)24(9-16-6-19(30)11-20(31)7-16)33-27(39)35-43(40,41)34-21(13-37)8-15-4-17(28)10-18(29)5-15/h2-7,10-14,21,24,34H,8-9H2,1H3,(H2,33,35,39)/t21-,24-/m0/s1. The molecule has 0 saturated carbocycles. The molecule has 0 aliphatic carbocycles. The maximum Gasteiger partial charge on any atom is 0.330 e. The van der Waals surface area contributed by atoms with Gasteiger partial charge in [0.1, 0.15) is 35.6 Å². The van der Waals surface area contributed by atoms with Gasteiger partial charge in [-0.05, 0) is 60.0 Å². The van der Waals surface area contributed by atoms with Gasteiger partial charge in [0.15, 0.2) is 0 Å². The van der Waals surface area contributed by atoms with Gasteiger partial charge in [0, 0.05) is 31.3 Å². The number of nitrogens with one attached hydrogen (secondary N) is 3. The third-order valence-electron chi connectivity index (χ3n) is 6.07. The van der Waals surface area contributed by atoms with Gasteiger partial charge in [-0.1, -0.05) is 0 Å². The quantitative estimate of drug-likeness (QED) is 0.170. The molecule has 0 radical (unpaired) electrons. The highest BCUT2D eigenvalue weighted by molar-refractivity contribution is 7.88. The number of urea groups is 1. The van der Waals surface area contributed by atoms with Gasteiger partial charge in [-0.2, -0.15) is 13.1 Å². The number of likely N-dealkylation sites (N-methyl/N-ethyl adjacent to an activating group) is 1. The summed E-state index contributed by atoms with van der Waals surface area (Å²) in [7, 11) is -3.38. The molecule has 43 heavy (non-hydrogen) atoms. The first-order chi connectivity index (χ1) is 20.3. The molecule has 3 N–H and O–H groups in total. The molecule has 4 aromatic rings. The van der Waals surface area contributed by atoms with Gasteiger partial charge in [-0.3, -0.25) is 4.79 Å². The third-order valence-corrected chi connectivity index (χ3v) is 7.95. The number of thiazole rings is 1. The van der Waals surface area contributed by atoms with Gasteiger partial charge < -0.3 is 15.0 Å². The summed E-state index contributed by atoms with van der Waals surface area (Å²) in [6.45, 7) is 0. The number of aldehydes is 1. The van der Waals surface area contributed by atoms with E-state index in [9.17, 15) is 40.4 Å². The normalized spacial score (nSPS) is 12.9. The average molecular weight is 638 g/mol. The second kappa shape index (κ2) is 13.3. The fourth-order valence-electron chi connectivity index (χ4n) is 4.22. The topological polar surface area (TPSA) is 138 Å². The summed E-state index contributed by atoms with van der Waals surface area (Å²) in [6, 6.07) is 5.43. The molecule has 0 aliphatic heterocycles. The SMILES string of the molecule is CN(C(=O)[C@H](Cc1cc(F)cc(F)c1)NC(=O)NS(=O)(=O)N[C@H](C=O)Cc1cc(F)cc(F)c1)c1ccc2scnc2c1. The molecule has 16 heteroatoms. The minimum atomic E-state index is -4.76. The van der Waals surface area contributed by atoms with E-state index >= 15 is 0 Å². The lowest BCUT2D eigenvalue weighted by Gasteiger charge is -2.25. The average Bonchev–Trinajstić information content (AvgIpc) is 3.38. The monoisotopic (exact) mass is 637 g/mol. The minimum absolute atomic E-state index is 0.0103. The molecule has 226 valence electrons. The van der Waals surface area contributed by atoms with Crippen LogP contribution in [-0.2, 0) is 32.6 Å². The molecule has 0 aliphatic rings. The second-order valence-corrected chi connectivity index (χ2v) is 11.7. The van der Waals surface area contributed by atoms with Crippen molar-refractivity contribution in [2.45, 2.75) is 24.9 Å². The number of carbonyl (C=O) groups excluding carboxylic acids is 3. The van der Waals surface area contributed by atoms with E-state index in [1.807, 2.05) is 4.72 Å². The predicted octanol–water partition coefficient (Wildman–Crippen LogP) is 3.37. The Morgan fingerprint density at radius 2 is 1.51 bits per heavy atom. The molecule has 4 rings (SSSR count). The van der Waals surface area contributed by atoms with Crippen LogP contribution in [0.5, 0.6) is 0 Å². The zero-order valence-electron chi connectivity index (χ0n) is 22.2. The lowest BCUT2D eigenvalue weighted by atomic mass is 10.0. The lowest BCUT2D eigenvalue weighted by molar-refractivity contribution is -0.120. The van der Waals surface area contributed by atoms with Crippen molar-refractivity contribution in [2.24, 2.45) is 0 Å². The van der Waals surface area contributed by atoms with Crippen LogP contribution in [0.2, 0.25) is 0 Å². The molecule has 3 aromatic carbocycles. The fraction of sp³-hybridized carbons (Fsp3) is 0.185. The van der Waals surface area contributed by atoms with Crippen LogP contribution in [-0.4, -0.2) is 50.8 Å². The van der Waals surface area contributed by atoms with Crippen molar-refractivity contribution in [3.63, 3.8) is 0 Å². The number of aromatic nitrogens is 1. The Morgan fingerprint density at radius 1 is 0.930 bits per heavy atom. The van der Waals surface area contributed by atoms with Gasteiger partial charge in [0.2, 0.25) is 5.91 Å². The van der Waals surface area contributed by atoms with Gasteiger partial charge >= 0.3 is 16.2 Å². The van der Waals surface area contributed by atoms with Crippen molar-refractivity contribution in [1.29, 1.82) is 0 Å². The van der Waals surface area contributed by atoms with Crippen LogP contribution in [0.3, 0.4) is 0 Å². The van der Waals surface area contributed by atoms with Crippen molar-refractivity contribution in [3.8, 4) is 0 Å². The summed E-state index contributed by atoms with van der Waals surface area (Å²) >= 11 is 1.38. The number of anilines is 1. The van der Waals surface area contributed by atoms with Gasteiger partial charge in [-0.25, -0.2) is 32.1 Å². The van der Waals surface area contributed by atoms with Crippen molar-refractivity contribution < 1.29 is 40.4 Å². The van der Waals surface area contributed by atoms with E-state index in [0.29, 0.717) is 23.3 Å². The number of amides is 3. The Hall–Kier alpha value is -4.41. The predicted molar refractivity (Wildman–Crippen MR) is 151 cm³/mol. The first-order valence-electron chi connectivity index (χ1n) is 12.4. The van der Waals surface area contributed by atoms with Gasteiger partial charge in [0.05, 0.1) is 21.8 Å². The molecular weight excluding hydrogens is 614 g/mol. The highest BCUT2D eigenvalue weighted by Crippen LogP contribution is 2.24. The highest BCUT2D eigenvalue weighted by Gasteiger charge is 2.28. The summed E-state index contributed by atoms with van der Waals surface area (Å²) in [5, 5.41) is 2.19. The zero-order valence-corrected chi connectivity index (χ0v) is 23.8. The summed E-state index contributed by atoms with van der Waals surface area (Å²) in [5.41, 5.74) is 2.54. The Balaban J connectivity index is 1.51. The number of hydrogen-bond donors (Lipinski definition) is 3. The molecule has 0 unspecified atom stereocenters. The van der Waals surface area contributed by atoms with Crippen molar-refractivity contribution in [2.75, 3.05) is 11.9 Å². The minimum Gasteiger partial charge on any atom is -0.325 e. The molecule has 2 atom stereocenters. The molecule has 1 heterocycles. The Bertz CT molecular complexity index is 1750. The maximum absolute atomic E-state index is 13.9. The number of fused-ring (bicyclic) bond motifs is 1. The zero-order chi connectivity index (χ0) is 31.3. The first kappa shape index (κ1) is 31.5. The smallest absolute Gasteiger partial charge is 0.325 e. The van der Waals surface area contributed by atoms with Crippen LogP contribution in [0.15, 0.2) is 60.1 Å². The maximum atomic E-state index is 13.9. The fourth-order valence-corrected chi connectivity index (χ4v) is 5.78. The molecule has 0 fully saturated rings. The van der Waals surface area contributed by atoms with Crippen molar-refractivity contribution in [1.82, 2.24) is 19.7 Å². The summed E-state index contributed by atoms with van der Waals surface area (Å²) in [4.78, 5) is 43.1. The summed E-state index contributed by atoms with van der Waals surface area (Å²) in [6.07, 6.45) is -0.709. The number of hydrogen-bond acceptors (Lipinski definition) is 7. The molecule has 0 bridgehead atoms. The van der Waals surface area contributed by atoms with Gasteiger partial charge in [0.25, 0.3) is 0 Å². The molecular formula is C27H23F4N5O5S2. The molecule has 10 nitrogen and oxygen atoms in total. The van der Waals surface area contributed by atoms with Crippen LogP contribution < -0.4 is 19.7 Å². The molecule has 1 aromatic heterocycles. The third kappa shape index (κ3) is 8.56. The highest BCUT2D eigenvalue weighted by atomic mass is 32.2. The number of halogens is 4. The van der Waals surface area contributed by atoms with E-state index in [2.05, 4.69) is 10.3 Å². The van der Waals surface area contributed by atoms with E-state index in [0.717, 1.165) is 33.9 Å². The Morgan fingerprint density at radius 3 is 2.09 bits per heavy atom. The van der Waals surface area contributed by atoms with Crippen LogP contribution >= 0.6 is 11.3 Å². The first-order valence-corrected chi connectivity index (χ1v) is 14.7. The lowest BCUT2D eigenvalue weighted by Crippen LogP contribution is -2.55. The summed E-state index contributed by atoms with van der Waals surface area (Å²) < 4.78 is 84.2. The Labute approximate surface area is 246 Å². The summed E-state index contributed by atoms with van der Waals surface area (Å²) in [5.74, 6) is -4.51. The Kier molecular flexibility index (Phi) is 9.73. The van der Waals surface area contributed by atoms with E-state index in [4.69, 9.17) is 0 Å². The van der Waals surface area contributed by atoms with Crippen LogP contribution in [0.4, 0.5) is 28.0 Å². The number of benzene rings is 3. The van der Waals surface area contributed by atoms with E-state index in [1.165, 1.54) is 18.4 Å². The van der Waals surface area contributed by atoms with Crippen LogP contribution in [0.1, 0.15) is 11.1 Å². The number of carbonyl (C=O) groups is 3. The molecule has 3 amide bonds. The van der Waals surface area contributed by atoms with Crippen LogP contribution in [0, 0.1) is 23.3 Å².